The van der Waals surface area contributed by atoms with Crippen LogP contribution in [0.5, 0.6) is 5.75 Å². The lowest BCUT2D eigenvalue weighted by atomic mass is 9.99. The van der Waals surface area contributed by atoms with Crippen LogP contribution in [0.2, 0.25) is 5.02 Å². The first kappa shape index (κ1) is 20.7. The third-order valence-electron chi connectivity index (χ3n) is 6.20. The number of fused-ring (bicyclic) bond motifs is 2. The van der Waals surface area contributed by atoms with Gasteiger partial charge in [-0.2, -0.15) is 0 Å². The third kappa shape index (κ3) is 3.68. The molecule has 6 heteroatoms. The number of benzene rings is 2. The Balaban J connectivity index is 1.46. The summed E-state index contributed by atoms with van der Waals surface area (Å²) in [5, 5.41) is 1.66. The van der Waals surface area contributed by atoms with Gasteiger partial charge in [0, 0.05) is 60.3 Å². The van der Waals surface area contributed by atoms with Crippen LogP contribution < -0.4 is 10.3 Å². The van der Waals surface area contributed by atoms with Crippen LogP contribution in [-0.2, 0) is 26.6 Å². The lowest BCUT2D eigenvalue weighted by Gasteiger charge is -2.30. The summed E-state index contributed by atoms with van der Waals surface area (Å²) in [6, 6.07) is 19.7. The number of hydrogen-bond acceptors (Lipinski definition) is 4. The first-order valence-corrected chi connectivity index (χ1v) is 11.0. The molecule has 5 rings (SSSR count). The molecule has 0 amide bonds. The largest absolute Gasteiger partial charge is 0.494 e. The summed E-state index contributed by atoms with van der Waals surface area (Å²) < 4.78 is 7.27. The van der Waals surface area contributed by atoms with E-state index in [0.717, 1.165) is 65.2 Å². The van der Waals surface area contributed by atoms with E-state index in [1.807, 2.05) is 55.6 Å². The number of rotatable bonds is 4. The number of aromatic nitrogens is 2. The maximum Gasteiger partial charge on any atom is 0.258 e. The summed E-state index contributed by atoms with van der Waals surface area (Å²) in [5.74, 6) is 0.785. The van der Waals surface area contributed by atoms with E-state index < -0.39 is 0 Å². The Morgan fingerprint density at radius 3 is 2.72 bits per heavy atom. The van der Waals surface area contributed by atoms with Crippen molar-refractivity contribution in [1.82, 2.24) is 14.5 Å². The van der Waals surface area contributed by atoms with Crippen LogP contribution in [0.25, 0.3) is 22.0 Å². The zero-order chi connectivity index (χ0) is 22.2. The lowest BCUT2D eigenvalue weighted by molar-refractivity contribution is 0.238. The Morgan fingerprint density at radius 2 is 1.91 bits per heavy atom. The second-order valence-corrected chi connectivity index (χ2v) is 8.58. The maximum absolute atomic E-state index is 13.0. The SMILES string of the molecule is COc1cccc2ccc(CN3CCc4c(cc(-c5ccccc5Cl)c(=O)n4C)C3)nc12. The number of nitrogens with zero attached hydrogens (tertiary/aromatic N) is 3. The van der Waals surface area contributed by atoms with Gasteiger partial charge in [0.15, 0.2) is 0 Å². The Hall–Kier alpha value is -3.15. The van der Waals surface area contributed by atoms with Crippen LogP contribution in [0, 0.1) is 0 Å². The van der Waals surface area contributed by atoms with E-state index in [2.05, 4.69) is 17.0 Å². The van der Waals surface area contributed by atoms with Gasteiger partial charge in [0.2, 0.25) is 0 Å². The fraction of sp³-hybridized carbons (Fsp3) is 0.231. The van der Waals surface area contributed by atoms with Crippen molar-refractivity contribution in [2.45, 2.75) is 19.5 Å². The van der Waals surface area contributed by atoms with E-state index in [-0.39, 0.29) is 5.56 Å². The second-order valence-electron chi connectivity index (χ2n) is 8.17. The van der Waals surface area contributed by atoms with Crippen LogP contribution in [0.15, 0.2) is 65.5 Å². The average molecular weight is 446 g/mol. The number of halogens is 1. The monoisotopic (exact) mass is 445 g/mol. The highest BCUT2D eigenvalue weighted by Gasteiger charge is 2.22. The van der Waals surface area contributed by atoms with Crippen LogP contribution >= 0.6 is 11.6 Å². The molecule has 0 atom stereocenters. The van der Waals surface area contributed by atoms with Crippen molar-refractivity contribution in [1.29, 1.82) is 0 Å². The smallest absolute Gasteiger partial charge is 0.258 e. The molecule has 0 fully saturated rings. The minimum atomic E-state index is -0.00593. The normalized spacial score (nSPS) is 13.8. The molecule has 2 aromatic heterocycles. The van der Waals surface area contributed by atoms with Gasteiger partial charge in [-0.15, -0.1) is 0 Å². The molecule has 1 aliphatic rings. The Labute approximate surface area is 191 Å². The van der Waals surface area contributed by atoms with Crippen LogP contribution in [-0.4, -0.2) is 28.1 Å². The molecule has 0 bridgehead atoms. The summed E-state index contributed by atoms with van der Waals surface area (Å²) in [4.78, 5) is 20.3. The molecular weight excluding hydrogens is 422 g/mol. The molecule has 0 saturated carbocycles. The van der Waals surface area contributed by atoms with Crippen molar-refractivity contribution in [2.24, 2.45) is 7.05 Å². The van der Waals surface area contributed by atoms with Gasteiger partial charge in [0.1, 0.15) is 11.3 Å². The highest BCUT2D eigenvalue weighted by Crippen LogP contribution is 2.29. The molecule has 5 nitrogen and oxygen atoms in total. The van der Waals surface area contributed by atoms with Crippen LogP contribution in [0.3, 0.4) is 0 Å². The number of pyridine rings is 2. The molecular formula is C26H24ClN3O2. The molecule has 0 N–H and O–H groups in total. The van der Waals surface area contributed by atoms with E-state index in [1.165, 1.54) is 0 Å². The van der Waals surface area contributed by atoms with Gasteiger partial charge in [0.05, 0.1) is 12.8 Å². The van der Waals surface area contributed by atoms with E-state index in [9.17, 15) is 4.79 Å². The van der Waals surface area contributed by atoms with Gasteiger partial charge in [-0.25, -0.2) is 4.98 Å². The summed E-state index contributed by atoms with van der Waals surface area (Å²) in [6.07, 6.45) is 0.820. The number of hydrogen-bond donors (Lipinski definition) is 0. The predicted octanol–water partition coefficient (Wildman–Crippen LogP) is 4.82. The van der Waals surface area contributed by atoms with Crippen molar-refractivity contribution in [2.75, 3.05) is 13.7 Å². The minimum absolute atomic E-state index is 0.00593. The Bertz CT molecular complexity index is 1380. The van der Waals surface area contributed by atoms with Gasteiger partial charge in [-0.1, -0.05) is 48.0 Å². The van der Waals surface area contributed by atoms with Gasteiger partial charge < -0.3 is 9.30 Å². The van der Waals surface area contributed by atoms with Gasteiger partial charge in [-0.3, -0.25) is 9.69 Å². The Morgan fingerprint density at radius 1 is 1.06 bits per heavy atom. The molecule has 2 aromatic carbocycles. The first-order chi connectivity index (χ1) is 15.5. The van der Waals surface area contributed by atoms with Gasteiger partial charge in [-0.05, 0) is 29.8 Å². The zero-order valence-corrected chi connectivity index (χ0v) is 18.9. The summed E-state index contributed by atoms with van der Waals surface area (Å²) in [5.41, 5.74) is 5.55. The van der Waals surface area contributed by atoms with Gasteiger partial charge >= 0.3 is 0 Å². The molecule has 0 radical (unpaired) electrons. The molecule has 4 aromatic rings. The van der Waals surface area contributed by atoms with E-state index >= 15 is 0 Å². The van der Waals surface area contributed by atoms with Crippen molar-refractivity contribution in [3.05, 3.63) is 93.0 Å². The lowest BCUT2D eigenvalue weighted by Crippen LogP contribution is -2.35. The molecule has 0 saturated heterocycles. The molecule has 0 spiro atoms. The summed E-state index contributed by atoms with van der Waals surface area (Å²) in [6.45, 7) is 2.36. The highest BCUT2D eigenvalue weighted by atomic mass is 35.5. The predicted molar refractivity (Wildman–Crippen MR) is 128 cm³/mol. The second kappa shape index (κ2) is 8.41. The molecule has 1 aliphatic heterocycles. The molecule has 0 unspecified atom stereocenters. The van der Waals surface area contributed by atoms with Crippen LogP contribution in [0.1, 0.15) is 17.0 Å². The summed E-state index contributed by atoms with van der Waals surface area (Å²) >= 11 is 6.40. The maximum atomic E-state index is 13.0. The van der Waals surface area contributed by atoms with Crippen molar-refractivity contribution in [3.63, 3.8) is 0 Å². The summed E-state index contributed by atoms with van der Waals surface area (Å²) in [7, 11) is 3.53. The number of methoxy groups -OCH3 is 1. The standard InChI is InChI=1S/C26H24ClN3O2/c1-29-23-12-13-30(16-19-11-10-17-6-5-9-24(32-2)25(17)28-19)15-18(23)14-21(26(29)31)20-7-3-4-8-22(20)27/h3-11,14H,12-13,15-16H2,1-2H3. The molecule has 162 valence electrons. The third-order valence-corrected chi connectivity index (χ3v) is 6.53. The first-order valence-electron chi connectivity index (χ1n) is 10.7. The fourth-order valence-electron chi connectivity index (χ4n) is 4.54. The molecule has 0 aliphatic carbocycles. The van der Waals surface area contributed by atoms with Crippen molar-refractivity contribution < 1.29 is 4.74 Å². The highest BCUT2D eigenvalue weighted by molar-refractivity contribution is 6.33. The average Bonchev–Trinajstić information content (AvgIpc) is 2.81. The van der Waals surface area contributed by atoms with Crippen molar-refractivity contribution in [3.8, 4) is 16.9 Å². The minimum Gasteiger partial charge on any atom is -0.494 e. The molecule has 32 heavy (non-hydrogen) atoms. The van der Waals surface area contributed by atoms with Gasteiger partial charge in [0.25, 0.3) is 5.56 Å². The quantitative estimate of drug-likeness (QED) is 0.452. The zero-order valence-electron chi connectivity index (χ0n) is 18.1. The van der Waals surface area contributed by atoms with Crippen molar-refractivity contribution >= 4 is 22.5 Å². The van der Waals surface area contributed by atoms with E-state index in [0.29, 0.717) is 10.6 Å². The molecule has 3 heterocycles. The number of ether oxygens (including phenoxy) is 1. The Kier molecular flexibility index (Phi) is 5.45. The topological polar surface area (TPSA) is 47.4 Å². The van der Waals surface area contributed by atoms with Crippen LogP contribution in [0.4, 0.5) is 0 Å². The number of para-hydroxylation sites is 1. The fourth-order valence-corrected chi connectivity index (χ4v) is 4.77. The van der Waals surface area contributed by atoms with E-state index in [1.54, 1.807) is 11.7 Å². The van der Waals surface area contributed by atoms with E-state index in [4.69, 9.17) is 21.3 Å².